The predicted octanol–water partition coefficient (Wildman–Crippen LogP) is 3.86. The van der Waals surface area contributed by atoms with E-state index >= 15 is 0 Å². The fourth-order valence-corrected chi connectivity index (χ4v) is 1.71. The van der Waals surface area contributed by atoms with Gasteiger partial charge in [-0.05, 0) is 39.5 Å². The van der Waals surface area contributed by atoms with Crippen LogP contribution < -0.4 is 0 Å². The van der Waals surface area contributed by atoms with Crippen molar-refractivity contribution in [2.24, 2.45) is 5.41 Å². The summed E-state index contributed by atoms with van der Waals surface area (Å²) >= 11 is 0. The molecule has 1 saturated heterocycles. The molecular formula is C13H23BF2O2. The molecule has 18 heavy (non-hydrogen) atoms. The van der Waals surface area contributed by atoms with E-state index in [9.17, 15) is 8.78 Å². The van der Waals surface area contributed by atoms with Gasteiger partial charge in [0.25, 0.3) is 0 Å². The summed E-state index contributed by atoms with van der Waals surface area (Å²) in [6.07, 6.45) is 1.68. The first-order chi connectivity index (χ1) is 8.01. The zero-order valence-electron chi connectivity index (χ0n) is 12.1. The Bertz CT molecular complexity index is 322. The lowest BCUT2D eigenvalue weighted by Gasteiger charge is -2.32. The highest BCUT2D eigenvalue weighted by molar-refractivity contribution is 6.53. The summed E-state index contributed by atoms with van der Waals surface area (Å²) in [5.74, 6) is 0. The molecule has 2 nitrogen and oxygen atoms in total. The second kappa shape index (κ2) is 4.93. The van der Waals surface area contributed by atoms with Crippen LogP contribution in [-0.2, 0) is 9.31 Å². The lowest BCUT2D eigenvalue weighted by atomic mass is 9.80. The van der Waals surface area contributed by atoms with E-state index in [-0.39, 0.29) is 6.42 Å². The van der Waals surface area contributed by atoms with Crippen LogP contribution in [-0.4, -0.2) is 25.0 Å². The van der Waals surface area contributed by atoms with Crippen LogP contribution in [0.2, 0.25) is 0 Å². The largest absolute Gasteiger partial charge is 0.524 e. The second-order valence-electron chi connectivity index (χ2n) is 6.55. The lowest BCUT2D eigenvalue weighted by molar-refractivity contribution is 0.00578. The van der Waals surface area contributed by atoms with E-state index in [1.165, 1.54) is 6.08 Å². The molecule has 0 aliphatic carbocycles. The molecule has 1 aliphatic rings. The Morgan fingerprint density at radius 3 is 2.00 bits per heavy atom. The Hall–Kier alpha value is -0.415. The standard InChI is InChI=1S/C13H23BF2O2/c1-11(2,7-8-15)9-10(16)14-17-12(3,4)13(5,6)18-14/h9H,7-8H2,1-6H3. The molecule has 0 N–H and O–H groups in total. The minimum Gasteiger partial charge on any atom is -0.398 e. The first kappa shape index (κ1) is 15.6. The van der Waals surface area contributed by atoms with Crippen LogP contribution in [0.1, 0.15) is 48.0 Å². The maximum absolute atomic E-state index is 14.1. The van der Waals surface area contributed by atoms with Crippen LogP contribution in [0.3, 0.4) is 0 Å². The van der Waals surface area contributed by atoms with Gasteiger partial charge in [-0.25, -0.2) is 4.39 Å². The average molecular weight is 260 g/mol. The molecule has 0 saturated carbocycles. The molecule has 5 heteroatoms. The van der Waals surface area contributed by atoms with Gasteiger partial charge in [0.05, 0.1) is 17.9 Å². The third-order valence-corrected chi connectivity index (χ3v) is 3.75. The Morgan fingerprint density at radius 1 is 1.17 bits per heavy atom. The molecular weight excluding hydrogens is 237 g/mol. The van der Waals surface area contributed by atoms with Crippen LogP contribution >= 0.6 is 0 Å². The van der Waals surface area contributed by atoms with Crippen molar-refractivity contribution in [1.82, 2.24) is 0 Å². The first-order valence-electron chi connectivity index (χ1n) is 6.31. The maximum atomic E-state index is 14.1. The Morgan fingerprint density at radius 2 is 1.61 bits per heavy atom. The van der Waals surface area contributed by atoms with E-state index in [4.69, 9.17) is 9.31 Å². The highest BCUT2D eigenvalue weighted by atomic mass is 19.1. The highest BCUT2D eigenvalue weighted by Gasteiger charge is 2.53. The summed E-state index contributed by atoms with van der Waals surface area (Å²) in [5.41, 5.74) is -2.14. The van der Waals surface area contributed by atoms with Gasteiger partial charge in [-0.15, -0.1) is 0 Å². The smallest absolute Gasteiger partial charge is 0.398 e. The fourth-order valence-electron chi connectivity index (χ4n) is 1.71. The number of hydrogen-bond donors (Lipinski definition) is 0. The summed E-state index contributed by atoms with van der Waals surface area (Å²) < 4.78 is 37.6. The van der Waals surface area contributed by atoms with E-state index in [1.54, 1.807) is 13.8 Å². The highest BCUT2D eigenvalue weighted by Crippen LogP contribution is 2.39. The monoisotopic (exact) mass is 260 g/mol. The van der Waals surface area contributed by atoms with Crippen molar-refractivity contribution >= 4 is 7.12 Å². The minimum absolute atomic E-state index is 0.278. The molecule has 1 heterocycles. The van der Waals surface area contributed by atoms with Gasteiger partial charge in [0, 0.05) is 0 Å². The molecule has 0 aromatic heterocycles. The molecule has 0 amide bonds. The zero-order chi connectivity index (χ0) is 14.2. The van der Waals surface area contributed by atoms with Gasteiger partial charge in [-0.2, -0.15) is 0 Å². The molecule has 0 aromatic rings. The van der Waals surface area contributed by atoms with Gasteiger partial charge in [0.1, 0.15) is 5.73 Å². The third-order valence-electron chi connectivity index (χ3n) is 3.75. The molecule has 0 unspecified atom stereocenters. The van der Waals surface area contributed by atoms with Crippen molar-refractivity contribution in [3.63, 3.8) is 0 Å². The van der Waals surface area contributed by atoms with Crippen LogP contribution in [0.4, 0.5) is 8.78 Å². The number of hydrogen-bond acceptors (Lipinski definition) is 2. The van der Waals surface area contributed by atoms with E-state index in [1.807, 2.05) is 27.7 Å². The fraction of sp³-hybridized carbons (Fsp3) is 0.846. The Labute approximate surface area is 109 Å². The summed E-state index contributed by atoms with van der Waals surface area (Å²) in [6, 6.07) is 0. The van der Waals surface area contributed by atoms with Crippen molar-refractivity contribution in [3.8, 4) is 0 Å². The quantitative estimate of drug-likeness (QED) is 0.714. The molecule has 0 bridgehead atoms. The second-order valence-corrected chi connectivity index (χ2v) is 6.55. The number of alkyl halides is 1. The Kier molecular flexibility index (Phi) is 4.28. The first-order valence-corrected chi connectivity index (χ1v) is 6.31. The van der Waals surface area contributed by atoms with Gasteiger partial charge in [0.2, 0.25) is 0 Å². The normalized spacial score (nSPS) is 23.6. The van der Waals surface area contributed by atoms with Crippen molar-refractivity contribution < 1.29 is 18.1 Å². The summed E-state index contributed by atoms with van der Waals surface area (Å²) in [4.78, 5) is 0. The average Bonchev–Trinajstić information content (AvgIpc) is 2.35. The summed E-state index contributed by atoms with van der Waals surface area (Å²) in [6.45, 7) is 10.6. The summed E-state index contributed by atoms with van der Waals surface area (Å²) in [5, 5.41) is 0. The molecule has 0 spiro atoms. The predicted molar refractivity (Wildman–Crippen MR) is 69.6 cm³/mol. The van der Waals surface area contributed by atoms with Crippen molar-refractivity contribution in [1.29, 1.82) is 0 Å². The molecule has 1 rings (SSSR count). The minimum atomic E-state index is -0.992. The van der Waals surface area contributed by atoms with Gasteiger partial charge in [-0.1, -0.05) is 19.9 Å². The van der Waals surface area contributed by atoms with Crippen LogP contribution in [0.25, 0.3) is 0 Å². The van der Waals surface area contributed by atoms with Crippen molar-refractivity contribution in [2.45, 2.75) is 59.2 Å². The van der Waals surface area contributed by atoms with Crippen LogP contribution in [0.5, 0.6) is 0 Å². The van der Waals surface area contributed by atoms with E-state index in [0.717, 1.165) is 0 Å². The van der Waals surface area contributed by atoms with E-state index in [2.05, 4.69) is 0 Å². The lowest BCUT2D eigenvalue weighted by Crippen LogP contribution is -2.41. The van der Waals surface area contributed by atoms with Gasteiger partial charge in [-0.3, -0.25) is 4.39 Å². The zero-order valence-corrected chi connectivity index (χ0v) is 12.1. The topological polar surface area (TPSA) is 18.5 Å². The van der Waals surface area contributed by atoms with E-state index in [0.29, 0.717) is 0 Å². The van der Waals surface area contributed by atoms with Gasteiger partial charge in [0.15, 0.2) is 0 Å². The molecule has 1 fully saturated rings. The molecule has 1 aliphatic heterocycles. The van der Waals surface area contributed by atoms with Crippen molar-refractivity contribution in [2.75, 3.05) is 6.67 Å². The van der Waals surface area contributed by atoms with Crippen LogP contribution in [0, 0.1) is 5.41 Å². The number of allylic oxidation sites excluding steroid dienone is 1. The van der Waals surface area contributed by atoms with Crippen molar-refractivity contribution in [3.05, 3.63) is 11.8 Å². The Balaban J connectivity index is 2.82. The molecule has 104 valence electrons. The summed E-state index contributed by atoms with van der Waals surface area (Å²) in [7, 11) is -0.992. The molecule has 0 aromatic carbocycles. The number of rotatable bonds is 4. The SMILES string of the molecule is CC(C)(C=C(F)B1OC(C)(C)C(C)(C)O1)CCF. The maximum Gasteiger partial charge on any atom is 0.524 e. The third kappa shape index (κ3) is 3.32. The number of halogens is 2. The van der Waals surface area contributed by atoms with Crippen LogP contribution in [0.15, 0.2) is 11.8 Å². The molecule has 0 radical (unpaired) electrons. The van der Waals surface area contributed by atoms with E-state index < -0.39 is 36.1 Å². The molecule has 0 atom stereocenters. The van der Waals surface area contributed by atoms with Gasteiger partial charge >= 0.3 is 7.12 Å². The van der Waals surface area contributed by atoms with Gasteiger partial charge < -0.3 is 9.31 Å².